The van der Waals surface area contributed by atoms with Crippen molar-refractivity contribution in [2.75, 3.05) is 15.5 Å². The van der Waals surface area contributed by atoms with Crippen molar-refractivity contribution < 1.29 is 14.4 Å². The van der Waals surface area contributed by atoms with E-state index in [2.05, 4.69) is 26.6 Å². The molecule has 1 aliphatic rings. The molecule has 1 aliphatic heterocycles. The Morgan fingerprint density at radius 2 is 1.48 bits per heavy atom. The van der Waals surface area contributed by atoms with E-state index >= 15 is 0 Å². The van der Waals surface area contributed by atoms with E-state index in [1.807, 2.05) is 18.2 Å². The van der Waals surface area contributed by atoms with E-state index < -0.39 is 11.8 Å². The van der Waals surface area contributed by atoms with Gasteiger partial charge in [-0.1, -0.05) is 46.9 Å². The van der Waals surface area contributed by atoms with Crippen molar-refractivity contribution in [2.45, 2.75) is 0 Å². The zero-order valence-electron chi connectivity index (χ0n) is 16.5. The van der Waals surface area contributed by atoms with E-state index in [0.29, 0.717) is 16.9 Å². The first-order valence-corrected chi connectivity index (χ1v) is 11.3. The van der Waals surface area contributed by atoms with Crippen LogP contribution in [0, 0.1) is 0 Å². The van der Waals surface area contributed by atoms with Gasteiger partial charge in [0, 0.05) is 25.8 Å². The molecule has 1 heterocycles. The fraction of sp³-hybridized carbons (Fsp3) is 0. The van der Waals surface area contributed by atoms with Crippen LogP contribution in [0.15, 0.2) is 81.9 Å². The lowest BCUT2D eigenvalue weighted by Crippen LogP contribution is -2.32. The van der Waals surface area contributed by atoms with Crippen molar-refractivity contribution in [3.8, 4) is 0 Å². The van der Waals surface area contributed by atoms with Crippen LogP contribution in [0.1, 0.15) is 10.4 Å². The molecular weight excluding hydrogens is 553 g/mol. The molecule has 33 heavy (non-hydrogen) atoms. The number of rotatable bonds is 5. The number of halogens is 4. The zero-order valence-corrected chi connectivity index (χ0v) is 20.4. The lowest BCUT2D eigenvalue weighted by Gasteiger charge is -2.16. The number of carbonyl (C=O) groups is 3. The number of hydrogen-bond acceptors (Lipinski definition) is 4. The Balaban J connectivity index is 1.50. The maximum atomic E-state index is 12.9. The molecule has 0 aromatic heterocycles. The molecule has 10 heteroatoms. The highest BCUT2D eigenvalue weighted by atomic mass is 79.9. The Kier molecular flexibility index (Phi) is 6.76. The third-order valence-corrected chi connectivity index (χ3v) is 6.15. The summed E-state index contributed by atoms with van der Waals surface area (Å²) in [7, 11) is 0. The summed E-state index contributed by atoms with van der Waals surface area (Å²) in [6.07, 6.45) is 0. The summed E-state index contributed by atoms with van der Waals surface area (Å²) in [5, 5.41) is 5.93. The Morgan fingerprint density at radius 1 is 0.848 bits per heavy atom. The monoisotopic (exact) mass is 563 g/mol. The number of anilines is 3. The second kappa shape index (κ2) is 9.57. The van der Waals surface area contributed by atoms with Gasteiger partial charge in [0.2, 0.25) is 0 Å². The van der Waals surface area contributed by atoms with Crippen LogP contribution in [-0.2, 0) is 9.59 Å². The van der Waals surface area contributed by atoms with E-state index in [0.717, 1.165) is 9.37 Å². The molecule has 6 nitrogen and oxygen atoms in total. The van der Waals surface area contributed by atoms with Crippen molar-refractivity contribution in [1.82, 2.24) is 0 Å². The maximum Gasteiger partial charge on any atom is 0.283 e. The lowest BCUT2D eigenvalue weighted by molar-refractivity contribution is -0.120. The van der Waals surface area contributed by atoms with Crippen LogP contribution in [0.25, 0.3) is 0 Å². The maximum absolute atomic E-state index is 12.9. The second-order valence-electron chi connectivity index (χ2n) is 6.90. The summed E-state index contributed by atoms with van der Waals surface area (Å²) in [5.74, 6) is -1.66. The molecule has 0 aliphatic carbocycles. The molecule has 0 radical (unpaired) electrons. The predicted molar refractivity (Wildman–Crippen MR) is 134 cm³/mol. The van der Waals surface area contributed by atoms with E-state index in [1.165, 1.54) is 18.2 Å². The molecule has 0 fully saturated rings. The predicted octanol–water partition coefficient (Wildman–Crippen LogP) is 6.44. The number of hydrogen-bond donors (Lipinski definition) is 2. The number of nitrogens with one attached hydrogen (secondary N) is 2. The van der Waals surface area contributed by atoms with Crippen molar-refractivity contribution >= 4 is 85.5 Å². The van der Waals surface area contributed by atoms with Crippen molar-refractivity contribution in [3.63, 3.8) is 0 Å². The van der Waals surface area contributed by atoms with E-state index in [-0.39, 0.29) is 32.4 Å². The molecule has 3 aromatic rings. The third kappa shape index (κ3) is 4.91. The Bertz CT molecular complexity index is 1310. The molecule has 0 saturated carbocycles. The fourth-order valence-corrected chi connectivity index (χ4v) is 4.23. The van der Waals surface area contributed by atoms with Gasteiger partial charge in [-0.2, -0.15) is 0 Å². The normalized spacial score (nSPS) is 13.5. The largest absolute Gasteiger partial charge is 0.350 e. The summed E-state index contributed by atoms with van der Waals surface area (Å²) >= 11 is 21.5. The van der Waals surface area contributed by atoms with Crippen LogP contribution in [0.4, 0.5) is 17.1 Å². The minimum absolute atomic E-state index is 0.0943. The molecule has 0 bridgehead atoms. The SMILES string of the molecule is O=C(Nc1ccccc1Br)c1ccc(NC2=C(Cl)C(=O)N(c3cc(Cl)cc(Cl)c3)C2=O)cc1. The smallest absolute Gasteiger partial charge is 0.283 e. The zero-order chi connectivity index (χ0) is 23.7. The number of amides is 3. The van der Waals surface area contributed by atoms with Gasteiger partial charge >= 0.3 is 0 Å². The highest BCUT2D eigenvalue weighted by Gasteiger charge is 2.39. The average molecular weight is 566 g/mol. The second-order valence-corrected chi connectivity index (χ2v) is 9.00. The van der Waals surface area contributed by atoms with Crippen LogP contribution in [-0.4, -0.2) is 17.7 Å². The first-order chi connectivity index (χ1) is 15.7. The van der Waals surface area contributed by atoms with Crippen LogP contribution >= 0.6 is 50.7 Å². The van der Waals surface area contributed by atoms with Gasteiger partial charge in [0.1, 0.15) is 10.7 Å². The highest BCUT2D eigenvalue weighted by molar-refractivity contribution is 9.10. The quantitative estimate of drug-likeness (QED) is 0.349. The van der Waals surface area contributed by atoms with E-state index in [4.69, 9.17) is 34.8 Å². The molecule has 3 aromatic carbocycles. The molecule has 0 saturated heterocycles. The highest BCUT2D eigenvalue weighted by Crippen LogP contribution is 2.33. The Morgan fingerprint density at radius 3 is 2.12 bits per heavy atom. The van der Waals surface area contributed by atoms with Crippen molar-refractivity contribution in [3.05, 3.63) is 97.5 Å². The topological polar surface area (TPSA) is 78.5 Å². The molecule has 4 rings (SSSR count). The number of imide groups is 1. The van der Waals surface area contributed by atoms with Gasteiger partial charge in [-0.05, 0) is 70.5 Å². The molecule has 2 N–H and O–H groups in total. The molecule has 0 atom stereocenters. The number of carbonyl (C=O) groups excluding carboxylic acids is 3. The van der Waals surface area contributed by atoms with Gasteiger partial charge in [0.05, 0.1) is 11.4 Å². The molecule has 3 amide bonds. The summed E-state index contributed by atoms with van der Waals surface area (Å²) in [6, 6.07) is 18.0. The minimum atomic E-state index is -0.702. The number of nitrogens with zero attached hydrogens (tertiary/aromatic N) is 1. The van der Waals surface area contributed by atoms with Gasteiger partial charge in [-0.25, -0.2) is 4.90 Å². The molecule has 0 unspecified atom stereocenters. The minimum Gasteiger partial charge on any atom is -0.350 e. The van der Waals surface area contributed by atoms with Crippen molar-refractivity contribution in [2.24, 2.45) is 0 Å². The van der Waals surface area contributed by atoms with Gasteiger partial charge < -0.3 is 10.6 Å². The van der Waals surface area contributed by atoms with Crippen LogP contribution < -0.4 is 15.5 Å². The molecule has 0 spiro atoms. The molecule has 166 valence electrons. The average Bonchev–Trinajstić information content (AvgIpc) is 2.98. The molecular formula is C23H13BrCl3N3O3. The third-order valence-electron chi connectivity index (χ3n) is 4.67. The first kappa shape index (κ1) is 23.3. The van der Waals surface area contributed by atoms with Crippen LogP contribution in [0.5, 0.6) is 0 Å². The number of benzene rings is 3. The number of para-hydroxylation sites is 1. The summed E-state index contributed by atoms with van der Waals surface area (Å²) in [4.78, 5) is 38.9. The van der Waals surface area contributed by atoms with E-state index in [1.54, 1.807) is 30.3 Å². The van der Waals surface area contributed by atoms with Crippen LogP contribution in [0.3, 0.4) is 0 Å². The van der Waals surface area contributed by atoms with E-state index in [9.17, 15) is 14.4 Å². The van der Waals surface area contributed by atoms with Gasteiger partial charge in [0.15, 0.2) is 0 Å². The van der Waals surface area contributed by atoms with Gasteiger partial charge in [-0.3, -0.25) is 14.4 Å². The Hall–Kier alpha value is -2.84. The first-order valence-electron chi connectivity index (χ1n) is 9.42. The Labute approximate surface area is 212 Å². The van der Waals surface area contributed by atoms with Crippen molar-refractivity contribution in [1.29, 1.82) is 0 Å². The fourth-order valence-electron chi connectivity index (χ4n) is 3.12. The summed E-state index contributed by atoms with van der Waals surface area (Å²) in [5.41, 5.74) is 1.62. The summed E-state index contributed by atoms with van der Waals surface area (Å²) in [6.45, 7) is 0. The van der Waals surface area contributed by atoms with Crippen LogP contribution in [0.2, 0.25) is 10.0 Å². The van der Waals surface area contributed by atoms with Gasteiger partial charge in [0.25, 0.3) is 17.7 Å². The standard InChI is InChI=1S/C23H13BrCl3N3O3/c24-17-3-1-2-4-18(17)29-21(31)12-5-7-15(8-6-12)28-20-19(27)22(32)30(23(20)33)16-10-13(25)9-14(26)11-16/h1-11,28H,(H,29,31). The van der Waals surface area contributed by atoms with Gasteiger partial charge in [-0.15, -0.1) is 0 Å². The summed E-state index contributed by atoms with van der Waals surface area (Å²) < 4.78 is 0.758. The lowest BCUT2D eigenvalue weighted by atomic mass is 10.2.